The van der Waals surface area contributed by atoms with Crippen LogP contribution in [0.1, 0.15) is 32.4 Å². The molecule has 2 aromatic carbocycles. The molecule has 1 aromatic heterocycles. The Morgan fingerprint density at radius 3 is 2.58 bits per heavy atom. The lowest BCUT2D eigenvalue weighted by molar-refractivity contribution is -0.125. The number of thiophene rings is 1. The van der Waals surface area contributed by atoms with Gasteiger partial charge < -0.3 is 15.4 Å². The van der Waals surface area contributed by atoms with Gasteiger partial charge in [-0.1, -0.05) is 48.5 Å². The minimum atomic E-state index is -0.670. The minimum absolute atomic E-state index is 0.0366. The fourth-order valence-corrected chi connectivity index (χ4v) is 4.23. The molecule has 0 saturated carbocycles. The fraction of sp³-hybridized carbons (Fsp3) is 0.167. The van der Waals surface area contributed by atoms with Crippen molar-refractivity contribution >= 4 is 35.2 Å². The molecule has 9 heteroatoms. The SMILES string of the molecule is O=C(COC(=O)c1cccc(CN2C(=O)CNC2=O)c1)NC(c1ccccc1)c1cccs1. The van der Waals surface area contributed by atoms with Crippen LogP contribution < -0.4 is 10.6 Å². The van der Waals surface area contributed by atoms with E-state index in [9.17, 15) is 19.2 Å². The van der Waals surface area contributed by atoms with E-state index in [0.717, 1.165) is 15.3 Å². The van der Waals surface area contributed by atoms with E-state index < -0.39 is 24.5 Å². The van der Waals surface area contributed by atoms with Gasteiger partial charge in [-0.05, 0) is 34.7 Å². The van der Waals surface area contributed by atoms with Crippen molar-refractivity contribution < 1.29 is 23.9 Å². The van der Waals surface area contributed by atoms with Crippen LogP contribution in [0.15, 0.2) is 72.1 Å². The molecular formula is C24H21N3O5S. The highest BCUT2D eigenvalue weighted by Crippen LogP contribution is 2.25. The topological polar surface area (TPSA) is 105 Å². The van der Waals surface area contributed by atoms with E-state index >= 15 is 0 Å². The highest BCUT2D eigenvalue weighted by Gasteiger charge is 2.28. The largest absolute Gasteiger partial charge is 0.452 e. The fourth-order valence-electron chi connectivity index (χ4n) is 3.43. The van der Waals surface area contributed by atoms with Crippen molar-refractivity contribution in [2.24, 2.45) is 0 Å². The molecule has 168 valence electrons. The molecule has 3 aromatic rings. The number of benzene rings is 2. The first kappa shape index (κ1) is 22.2. The number of nitrogens with zero attached hydrogens (tertiary/aromatic N) is 1. The third-order valence-electron chi connectivity index (χ3n) is 5.04. The molecule has 2 heterocycles. The van der Waals surface area contributed by atoms with Crippen molar-refractivity contribution in [1.82, 2.24) is 15.5 Å². The van der Waals surface area contributed by atoms with Crippen LogP contribution >= 0.6 is 11.3 Å². The number of carbonyl (C=O) groups excluding carboxylic acids is 4. The quantitative estimate of drug-likeness (QED) is 0.395. The molecule has 0 aliphatic carbocycles. The molecule has 0 spiro atoms. The Labute approximate surface area is 194 Å². The number of nitrogens with one attached hydrogen (secondary N) is 2. The minimum Gasteiger partial charge on any atom is -0.452 e. The lowest BCUT2D eigenvalue weighted by atomic mass is 10.1. The van der Waals surface area contributed by atoms with Crippen LogP contribution in [0.4, 0.5) is 4.79 Å². The van der Waals surface area contributed by atoms with Gasteiger partial charge in [-0.2, -0.15) is 0 Å². The predicted molar refractivity (Wildman–Crippen MR) is 121 cm³/mol. The van der Waals surface area contributed by atoms with E-state index in [0.29, 0.717) is 5.56 Å². The maximum atomic E-state index is 12.6. The summed E-state index contributed by atoms with van der Waals surface area (Å²) in [5, 5.41) is 7.30. The lowest BCUT2D eigenvalue weighted by Crippen LogP contribution is -2.32. The zero-order chi connectivity index (χ0) is 23.2. The molecule has 1 saturated heterocycles. The van der Waals surface area contributed by atoms with Crippen molar-refractivity contribution in [2.75, 3.05) is 13.2 Å². The van der Waals surface area contributed by atoms with Crippen LogP contribution in [-0.2, 0) is 20.9 Å². The number of hydrogen-bond donors (Lipinski definition) is 2. The van der Waals surface area contributed by atoms with E-state index in [2.05, 4.69) is 10.6 Å². The second-order valence-corrected chi connectivity index (χ2v) is 8.32. The first-order valence-corrected chi connectivity index (χ1v) is 11.1. The summed E-state index contributed by atoms with van der Waals surface area (Å²) in [5.41, 5.74) is 1.75. The number of hydrogen-bond acceptors (Lipinski definition) is 6. The van der Waals surface area contributed by atoms with Gasteiger partial charge in [0.2, 0.25) is 5.91 Å². The van der Waals surface area contributed by atoms with Gasteiger partial charge in [-0.15, -0.1) is 11.3 Å². The second-order valence-electron chi connectivity index (χ2n) is 7.34. The molecule has 2 N–H and O–H groups in total. The van der Waals surface area contributed by atoms with Crippen LogP contribution in [0.3, 0.4) is 0 Å². The molecule has 8 nitrogen and oxygen atoms in total. The van der Waals surface area contributed by atoms with Gasteiger partial charge in [0.05, 0.1) is 24.7 Å². The molecule has 0 bridgehead atoms. The zero-order valence-electron chi connectivity index (χ0n) is 17.5. The maximum absolute atomic E-state index is 12.6. The molecule has 4 rings (SSSR count). The Hall–Kier alpha value is -3.98. The summed E-state index contributed by atoms with van der Waals surface area (Å²) in [6.07, 6.45) is 0. The first-order chi connectivity index (χ1) is 16.0. The van der Waals surface area contributed by atoms with Gasteiger partial charge >= 0.3 is 12.0 Å². The highest BCUT2D eigenvalue weighted by atomic mass is 32.1. The van der Waals surface area contributed by atoms with Gasteiger partial charge in [0.15, 0.2) is 6.61 Å². The van der Waals surface area contributed by atoms with Crippen molar-refractivity contribution in [2.45, 2.75) is 12.6 Å². The van der Waals surface area contributed by atoms with Gasteiger partial charge in [0.25, 0.3) is 5.91 Å². The number of imide groups is 1. The average molecular weight is 464 g/mol. The van der Waals surface area contributed by atoms with E-state index in [-0.39, 0.29) is 30.6 Å². The Balaban J connectivity index is 1.37. The van der Waals surface area contributed by atoms with Crippen LogP contribution in [0.2, 0.25) is 0 Å². The third kappa shape index (κ3) is 5.45. The van der Waals surface area contributed by atoms with Crippen molar-refractivity contribution in [3.8, 4) is 0 Å². The van der Waals surface area contributed by atoms with Crippen molar-refractivity contribution in [3.05, 3.63) is 93.7 Å². The standard InChI is InChI=1S/C24H21N3O5S/c28-20(26-22(19-10-5-11-33-19)17-7-2-1-3-8-17)15-32-23(30)18-9-4-6-16(12-18)14-27-21(29)13-25-24(27)31/h1-12,22H,13-15H2,(H,25,31)(H,26,28). The number of esters is 1. The highest BCUT2D eigenvalue weighted by molar-refractivity contribution is 7.10. The number of ether oxygens (including phenoxy) is 1. The normalized spacial score (nSPS) is 14.0. The molecular weight excluding hydrogens is 442 g/mol. The second kappa shape index (κ2) is 10.1. The molecule has 1 unspecified atom stereocenters. The number of rotatable bonds is 8. The summed E-state index contributed by atoms with van der Waals surface area (Å²) in [6, 6.07) is 19.0. The Morgan fingerprint density at radius 1 is 1.06 bits per heavy atom. The number of amides is 4. The number of urea groups is 1. The maximum Gasteiger partial charge on any atom is 0.338 e. The molecule has 1 aliphatic rings. The molecule has 1 atom stereocenters. The summed E-state index contributed by atoms with van der Waals surface area (Å²) >= 11 is 1.53. The van der Waals surface area contributed by atoms with Crippen LogP contribution in [-0.4, -0.2) is 41.9 Å². The Morgan fingerprint density at radius 2 is 1.88 bits per heavy atom. The van der Waals surface area contributed by atoms with Gasteiger partial charge in [-0.3, -0.25) is 14.5 Å². The van der Waals surface area contributed by atoms with E-state index in [1.54, 1.807) is 18.2 Å². The van der Waals surface area contributed by atoms with E-state index in [1.807, 2.05) is 47.8 Å². The zero-order valence-corrected chi connectivity index (χ0v) is 18.3. The molecule has 4 amide bonds. The molecule has 0 radical (unpaired) electrons. The Kier molecular flexibility index (Phi) is 6.80. The summed E-state index contributed by atoms with van der Waals surface area (Å²) in [4.78, 5) is 50.6. The summed E-state index contributed by atoms with van der Waals surface area (Å²) in [5.74, 6) is -1.43. The third-order valence-corrected chi connectivity index (χ3v) is 5.98. The van der Waals surface area contributed by atoms with Gasteiger partial charge in [0, 0.05) is 4.88 Å². The van der Waals surface area contributed by atoms with Crippen LogP contribution in [0, 0.1) is 0 Å². The predicted octanol–water partition coefficient (Wildman–Crippen LogP) is 2.86. The van der Waals surface area contributed by atoms with Crippen LogP contribution in [0.25, 0.3) is 0 Å². The molecule has 33 heavy (non-hydrogen) atoms. The lowest BCUT2D eigenvalue weighted by Gasteiger charge is -2.18. The summed E-state index contributed by atoms with van der Waals surface area (Å²) < 4.78 is 5.20. The van der Waals surface area contributed by atoms with E-state index in [4.69, 9.17) is 4.74 Å². The smallest absolute Gasteiger partial charge is 0.338 e. The Bertz CT molecular complexity index is 1150. The summed E-state index contributed by atoms with van der Waals surface area (Å²) in [6.45, 7) is -0.429. The summed E-state index contributed by atoms with van der Waals surface area (Å²) in [7, 11) is 0. The average Bonchev–Trinajstić information content (AvgIpc) is 3.48. The van der Waals surface area contributed by atoms with Crippen molar-refractivity contribution in [3.63, 3.8) is 0 Å². The molecule has 1 aliphatic heterocycles. The monoisotopic (exact) mass is 463 g/mol. The molecule has 1 fully saturated rings. The van der Waals surface area contributed by atoms with Crippen LogP contribution in [0.5, 0.6) is 0 Å². The van der Waals surface area contributed by atoms with E-state index in [1.165, 1.54) is 17.4 Å². The first-order valence-electron chi connectivity index (χ1n) is 10.2. The van der Waals surface area contributed by atoms with Gasteiger partial charge in [0.1, 0.15) is 0 Å². The van der Waals surface area contributed by atoms with Gasteiger partial charge in [-0.25, -0.2) is 9.59 Å². The number of carbonyl (C=O) groups is 4. The van der Waals surface area contributed by atoms with Crippen molar-refractivity contribution in [1.29, 1.82) is 0 Å².